The van der Waals surface area contributed by atoms with Gasteiger partial charge in [0.05, 0.1) is 42.5 Å². The van der Waals surface area contributed by atoms with Crippen LogP contribution in [0.5, 0.6) is 0 Å². The predicted molar refractivity (Wildman–Crippen MR) is 143 cm³/mol. The van der Waals surface area contributed by atoms with Crippen LogP contribution in [0.25, 0.3) is 5.52 Å². The Balaban J connectivity index is 1.09. The summed E-state index contributed by atoms with van der Waals surface area (Å²) in [7, 11) is 0. The zero-order valence-electron chi connectivity index (χ0n) is 22.0. The molecule has 0 saturated carbocycles. The lowest BCUT2D eigenvalue weighted by Gasteiger charge is -2.42. The van der Waals surface area contributed by atoms with E-state index in [1.807, 2.05) is 19.1 Å². The average molecular weight is 538 g/mol. The summed E-state index contributed by atoms with van der Waals surface area (Å²) >= 11 is 0. The number of hydrogen-bond donors (Lipinski definition) is 1. The van der Waals surface area contributed by atoms with Gasteiger partial charge >= 0.3 is 0 Å². The van der Waals surface area contributed by atoms with Crippen molar-refractivity contribution in [2.75, 3.05) is 75.3 Å². The molecule has 11 heteroatoms. The van der Waals surface area contributed by atoms with E-state index in [2.05, 4.69) is 31.2 Å². The van der Waals surface area contributed by atoms with Crippen LogP contribution in [0.3, 0.4) is 0 Å². The molecule has 3 saturated heterocycles. The number of piperazine rings is 1. The highest BCUT2D eigenvalue weighted by atomic mass is 19.1. The van der Waals surface area contributed by atoms with Crippen LogP contribution in [-0.2, 0) is 9.47 Å². The number of pyridine rings is 1. The van der Waals surface area contributed by atoms with Crippen LogP contribution in [-0.4, -0.2) is 92.2 Å². The van der Waals surface area contributed by atoms with Crippen LogP contribution in [0.4, 0.5) is 20.2 Å². The molecule has 0 aliphatic carbocycles. The molecule has 3 atom stereocenters. The molecule has 0 spiro atoms. The number of fused-ring (bicyclic) bond motifs is 1. The van der Waals surface area contributed by atoms with Crippen molar-refractivity contribution in [3.05, 3.63) is 59.4 Å². The highest BCUT2D eigenvalue weighted by molar-refractivity contribution is 5.74. The number of nitriles is 1. The molecule has 9 nitrogen and oxygen atoms in total. The fourth-order valence-corrected chi connectivity index (χ4v) is 5.95. The van der Waals surface area contributed by atoms with Gasteiger partial charge in [0.15, 0.2) is 5.82 Å². The lowest BCUT2D eigenvalue weighted by atomic mass is 10.1. The van der Waals surface area contributed by atoms with Crippen LogP contribution >= 0.6 is 0 Å². The second-order valence-corrected chi connectivity index (χ2v) is 10.5. The molecule has 1 unspecified atom stereocenters. The normalized spacial score (nSPS) is 24.7. The molecule has 3 aliphatic rings. The first-order valence-electron chi connectivity index (χ1n) is 13.6. The van der Waals surface area contributed by atoms with Crippen molar-refractivity contribution in [3.63, 3.8) is 0 Å². The summed E-state index contributed by atoms with van der Waals surface area (Å²) in [6.07, 6.45) is 0.935. The zero-order chi connectivity index (χ0) is 26.9. The number of ether oxygens (including phenoxy) is 2. The minimum absolute atomic E-state index is 0.0392. The first-order chi connectivity index (χ1) is 19.0. The maximum Gasteiger partial charge on any atom is 0.171 e. The van der Waals surface area contributed by atoms with Crippen LogP contribution in [0, 0.1) is 23.0 Å². The zero-order valence-corrected chi connectivity index (χ0v) is 22.0. The van der Waals surface area contributed by atoms with E-state index < -0.39 is 5.82 Å². The molecule has 1 aromatic carbocycles. The van der Waals surface area contributed by atoms with Crippen molar-refractivity contribution < 1.29 is 18.3 Å². The van der Waals surface area contributed by atoms with Crippen LogP contribution in [0.2, 0.25) is 0 Å². The molecule has 2 aromatic heterocycles. The molecule has 6 rings (SSSR count). The number of nitrogens with zero attached hydrogens (tertiary/aromatic N) is 6. The standard InChI is InChI=1S/C28H33F2N7O2/c1-19-16-36(26-5-3-21(13-31)37-28(26)24(30)14-33-37)18-22(39-19)17-34-7-9-35(10-8-34)25-4-2-20(12-23(25)29)27-15-32-6-11-38-27/h2-5,12,14,19,22,27,32H,6-11,15-18H2,1H3/t19-,22-,27?/m1/s1. The summed E-state index contributed by atoms with van der Waals surface area (Å²) in [5, 5.41) is 16.7. The molecular formula is C28H33F2N7O2. The van der Waals surface area contributed by atoms with Gasteiger partial charge < -0.3 is 24.6 Å². The van der Waals surface area contributed by atoms with E-state index in [1.54, 1.807) is 18.2 Å². The molecule has 3 fully saturated rings. The third kappa shape index (κ3) is 5.30. The molecule has 0 radical (unpaired) electrons. The third-order valence-electron chi connectivity index (χ3n) is 7.82. The van der Waals surface area contributed by atoms with Crippen molar-refractivity contribution in [2.24, 2.45) is 0 Å². The van der Waals surface area contributed by atoms with E-state index in [-0.39, 0.29) is 24.1 Å². The minimum atomic E-state index is -0.447. The number of nitrogens with one attached hydrogen (secondary N) is 1. The predicted octanol–water partition coefficient (Wildman–Crippen LogP) is 2.56. The molecule has 1 N–H and O–H groups in total. The topological polar surface area (TPSA) is 81.3 Å². The molecular weight excluding hydrogens is 504 g/mol. The van der Waals surface area contributed by atoms with Gasteiger partial charge in [0, 0.05) is 58.9 Å². The van der Waals surface area contributed by atoms with Gasteiger partial charge in [-0.1, -0.05) is 6.07 Å². The van der Waals surface area contributed by atoms with Crippen molar-refractivity contribution in [1.82, 2.24) is 19.8 Å². The maximum absolute atomic E-state index is 15.1. The van der Waals surface area contributed by atoms with Gasteiger partial charge in [0.1, 0.15) is 23.1 Å². The average Bonchev–Trinajstić information content (AvgIpc) is 3.35. The van der Waals surface area contributed by atoms with E-state index in [1.165, 1.54) is 4.52 Å². The summed E-state index contributed by atoms with van der Waals surface area (Å²) in [6.45, 7) is 9.17. The first-order valence-corrected chi connectivity index (χ1v) is 13.6. The number of halogens is 2. The second kappa shape index (κ2) is 11.1. The number of anilines is 2. The van der Waals surface area contributed by atoms with Crippen molar-refractivity contribution in [3.8, 4) is 6.07 Å². The van der Waals surface area contributed by atoms with E-state index in [9.17, 15) is 9.65 Å². The highest BCUT2D eigenvalue weighted by Crippen LogP contribution is 2.30. The van der Waals surface area contributed by atoms with Crippen molar-refractivity contribution in [2.45, 2.75) is 25.2 Å². The lowest BCUT2D eigenvalue weighted by molar-refractivity contribution is -0.0327. The largest absolute Gasteiger partial charge is 0.371 e. The van der Waals surface area contributed by atoms with Gasteiger partial charge in [-0.25, -0.2) is 13.3 Å². The van der Waals surface area contributed by atoms with Gasteiger partial charge in [-0.2, -0.15) is 10.4 Å². The molecule has 3 aliphatic heterocycles. The molecule has 206 valence electrons. The SMILES string of the molecule is C[C@@H]1CN(c2ccc(C#N)n3ncc(F)c23)C[C@@H](CN2CCN(c3ccc(C4CNCCO4)cc3F)CC2)O1. The fraction of sp³-hybridized carbons (Fsp3) is 0.500. The van der Waals surface area contributed by atoms with E-state index in [4.69, 9.17) is 9.47 Å². The molecule has 0 bridgehead atoms. The van der Waals surface area contributed by atoms with Gasteiger partial charge in [-0.3, -0.25) is 4.90 Å². The van der Waals surface area contributed by atoms with Gasteiger partial charge in [-0.05, 0) is 36.8 Å². The van der Waals surface area contributed by atoms with Crippen LogP contribution in [0.1, 0.15) is 24.3 Å². The molecule has 0 amide bonds. The Hall–Kier alpha value is -3.30. The first kappa shape index (κ1) is 26.0. The third-order valence-corrected chi connectivity index (χ3v) is 7.82. The number of rotatable bonds is 5. The highest BCUT2D eigenvalue weighted by Gasteiger charge is 2.30. The molecule has 5 heterocycles. The van der Waals surface area contributed by atoms with Gasteiger partial charge in [-0.15, -0.1) is 0 Å². The summed E-state index contributed by atoms with van der Waals surface area (Å²) in [5.74, 6) is -0.659. The van der Waals surface area contributed by atoms with E-state index >= 15 is 4.39 Å². The Bertz CT molecular complexity index is 1360. The van der Waals surface area contributed by atoms with E-state index in [0.29, 0.717) is 48.8 Å². The molecule has 39 heavy (non-hydrogen) atoms. The number of hydrogen-bond acceptors (Lipinski definition) is 8. The second-order valence-electron chi connectivity index (χ2n) is 10.5. The fourth-order valence-electron chi connectivity index (χ4n) is 5.95. The van der Waals surface area contributed by atoms with Crippen LogP contribution in [0.15, 0.2) is 36.5 Å². The Morgan fingerprint density at radius 3 is 2.62 bits per heavy atom. The van der Waals surface area contributed by atoms with Crippen molar-refractivity contribution in [1.29, 1.82) is 5.26 Å². The quantitative estimate of drug-likeness (QED) is 0.532. The summed E-state index contributed by atoms with van der Waals surface area (Å²) < 4.78 is 43.1. The number of benzene rings is 1. The van der Waals surface area contributed by atoms with E-state index in [0.717, 1.165) is 51.0 Å². The Labute approximate surface area is 226 Å². The van der Waals surface area contributed by atoms with Gasteiger partial charge in [0.2, 0.25) is 0 Å². The monoisotopic (exact) mass is 537 g/mol. The Morgan fingerprint density at radius 1 is 1.05 bits per heavy atom. The number of morpholine rings is 2. The Kier molecular flexibility index (Phi) is 7.36. The van der Waals surface area contributed by atoms with Gasteiger partial charge in [0.25, 0.3) is 0 Å². The Morgan fingerprint density at radius 2 is 1.87 bits per heavy atom. The maximum atomic E-state index is 15.1. The summed E-state index contributed by atoms with van der Waals surface area (Å²) in [5.41, 5.74) is 2.81. The lowest BCUT2D eigenvalue weighted by Crippen LogP contribution is -2.54. The summed E-state index contributed by atoms with van der Waals surface area (Å²) in [6, 6.07) is 11.0. The summed E-state index contributed by atoms with van der Waals surface area (Å²) in [4.78, 5) is 6.57. The number of aromatic nitrogens is 2. The molecule has 3 aromatic rings. The smallest absolute Gasteiger partial charge is 0.171 e. The van der Waals surface area contributed by atoms with Crippen LogP contribution < -0.4 is 15.1 Å². The minimum Gasteiger partial charge on any atom is -0.371 e. The van der Waals surface area contributed by atoms with Crippen molar-refractivity contribution >= 4 is 16.9 Å².